The van der Waals surface area contributed by atoms with Crippen LogP contribution in [0.2, 0.25) is 0 Å². The smallest absolute Gasteiger partial charge is 0.128 e. The van der Waals surface area contributed by atoms with E-state index in [1.54, 1.807) is 0 Å². The number of benzene rings is 2. The summed E-state index contributed by atoms with van der Waals surface area (Å²) in [4.78, 5) is 0. The fraction of sp³-hybridized carbons (Fsp3) is 0.143. The van der Waals surface area contributed by atoms with Gasteiger partial charge in [0.2, 0.25) is 0 Å². The summed E-state index contributed by atoms with van der Waals surface area (Å²) in [5, 5.41) is 28.1. The second-order valence-electron chi connectivity index (χ2n) is 3.87. The Kier molecular flexibility index (Phi) is 3.69. The molecule has 2 rings (SSSR count). The van der Waals surface area contributed by atoms with Gasteiger partial charge in [-0.05, 0) is 5.56 Å². The zero-order chi connectivity index (χ0) is 13.0. The van der Waals surface area contributed by atoms with Crippen molar-refractivity contribution in [3.8, 4) is 17.2 Å². The Bertz CT molecular complexity index is 500. The maximum atomic E-state index is 9.57. The van der Waals surface area contributed by atoms with Gasteiger partial charge in [0, 0.05) is 12.1 Å². The van der Waals surface area contributed by atoms with Crippen LogP contribution in [0.1, 0.15) is 11.1 Å². The number of ether oxygens (including phenoxy) is 1. The molecule has 94 valence electrons. The predicted octanol–water partition coefficient (Wildman–Crippen LogP) is 2.17. The van der Waals surface area contributed by atoms with Crippen LogP contribution in [0.3, 0.4) is 0 Å². The van der Waals surface area contributed by atoms with Gasteiger partial charge in [-0.3, -0.25) is 0 Å². The Morgan fingerprint density at radius 2 is 1.56 bits per heavy atom. The zero-order valence-corrected chi connectivity index (χ0v) is 9.71. The highest BCUT2D eigenvalue weighted by Gasteiger charge is 2.09. The maximum Gasteiger partial charge on any atom is 0.128 e. The van der Waals surface area contributed by atoms with Crippen molar-refractivity contribution in [1.29, 1.82) is 0 Å². The highest BCUT2D eigenvalue weighted by Crippen LogP contribution is 2.32. The first-order chi connectivity index (χ1) is 8.70. The van der Waals surface area contributed by atoms with Gasteiger partial charge in [0.05, 0.1) is 12.2 Å². The van der Waals surface area contributed by atoms with Gasteiger partial charge in [-0.1, -0.05) is 30.3 Å². The molecule has 4 heteroatoms. The van der Waals surface area contributed by atoms with Gasteiger partial charge in [0.1, 0.15) is 23.9 Å². The molecule has 0 heterocycles. The summed E-state index contributed by atoms with van der Waals surface area (Å²) < 4.78 is 5.45. The van der Waals surface area contributed by atoms with Crippen molar-refractivity contribution in [2.45, 2.75) is 13.2 Å². The Labute approximate surface area is 105 Å². The standard InChI is InChI=1S/C14H14O4/c15-8-12-13(16)6-11(7-14(12)17)18-9-10-4-2-1-3-5-10/h1-7,15-17H,8-9H2. The van der Waals surface area contributed by atoms with Crippen molar-refractivity contribution in [3.63, 3.8) is 0 Å². The van der Waals surface area contributed by atoms with Gasteiger partial charge < -0.3 is 20.1 Å². The average Bonchev–Trinajstić information content (AvgIpc) is 2.37. The lowest BCUT2D eigenvalue weighted by Crippen LogP contribution is -1.96. The van der Waals surface area contributed by atoms with Crippen LogP contribution in [0.25, 0.3) is 0 Å². The van der Waals surface area contributed by atoms with Crippen LogP contribution < -0.4 is 4.74 Å². The molecule has 0 unspecified atom stereocenters. The molecule has 0 aromatic heterocycles. The summed E-state index contributed by atoms with van der Waals surface area (Å²) in [6.07, 6.45) is 0. The van der Waals surface area contributed by atoms with Crippen molar-refractivity contribution < 1.29 is 20.1 Å². The molecule has 2 aromatic rings. The molecule has 0 saturated carbocycles. The lowest BCUT2D eigenvalue weighted by Gasteiger charge is -2.10. The monoisotopic (exact) mass is 246 g/mol. The molecule has 0 aliphatic heterocycles. The minimum Gasteiger partial charge on any atom is -0.507 e. The molecule has 0 radical (unpaired) electrons. The van der Waals surface area contributed by atoms with E-state index in [0.717, 1.165) is 5.56 Å². The number of hydrogen-bond acceptors (Lipinski definition) is 4. The van der Waals surface area contributed by atoms with Gasteiger partial charge in [-0.2, -0.15) is 0 Å². The number of aliphatic hydroxyl groups is 1. The number of aromatic hydroxyl groups is 2. The van der Waals surface area contributed by atoms with Crippen molar-refractivity contribution in [2.24, 2.45) is 0 Å². The van der Waals surface area contributed by atoms with Gasteiger partial charge in [0.15, 0.2) is 0 Å². The van der Waals surface area contributed by atoms with E-state index in [9.17, 15) is 10.2 Å². The van der Waals surface area contributed by atoms with E-state index in [1.807, 2.05) is 30.3 Å². The Morgan fingerprint density at radius 1 is 0.944 bits per heavy atom. The predicted molar refractivity (Wildman–Crippen MR) is 66.5 cm³/mol. The molecule has 2 aromatic carbocycles. The largest absolute Gasteiger partial charge is 0.507 e. The summed E-state index contributed by atoms with van der Waals surface area (Å²) in [5.74, 6) is -0.00724. The molecular weight excluding hydrogens is 232 g/mol. The third-order valence-electron chi connectivity index (χ3n) is 2.58. The summed E-state index contributed by atoms with van der Waals surface area (Å²) in [6.45, 7) is -0.0746. The number of phenols is 2. The van der Waals surface area contributed by atoms with Crippen molar-refractivity contribution in [2.75, 3.05) is 0 Å². The molecule has 4 nitrogen and oxygen atoms in total. The first kappa shape index (κ1) is 12.3. The topological polar surface area (TPSA) is 69.9 Å². The van der Waals surface area contributed by atoms with Crippen molar-refractivity contribution in [3.05, 3.63) is 53.6 Å². The van der Waals surface area contributed by atoms with Crippen LogP contribution in [0, 0.1) is 0 Å². The van der Waals surface area contributed by atoms with Crippen LogP contribution in [-0.4, -0.2) is 15.3 Å². The van der Waals surface area contributed by atoms with Gasteiger partial charge in [0.25, 0.3) is 0 Å². The second-order valence-corrected chi connectivity index (χ2v) is 3.87. The van der Waals surface area contributed by atoms with Crippen LogP contribution in [-0.2, 0) is 13.2 Å². The summed E-state index contributed by atoms with van der Waals surface area (Å²) in [7, 11) is 0. The zero-order valence-electron chi connectivity index (χ0n) is 9.71. The number of rotatable bonds is 4. The van der Waals surface area contributed by atoms with Crippen LogP contribution >= 0.6 is 0 Å². The van der Waals surface area contributed by atoms with E-state index in [2.05, 4.69) is 0 Å². The van der Waals surface area contributed by atoms with Crippen LogP contribution in [0.15, 0.2) is 42.5 Å². The number of aliphatic hydroxyl groups excluding tert-OH is 1. The quantitative estimate of drug-likeness (QED) is 0.773. The fourth-order valence-corrected chi connectivity index (χ4v) is 1.60. The second kappa shape index (κ2) is 5.42. The Morgan fingerprint density at radius 3 is 2.11 bits per heavy atom. The highest BCUT2D eigenvalue weighted by molar-refractivity contribution is 5.48. The molecule has 3 N–H and O–H groups in total. The molecule has 0 aliphatic carbocycles. The van der Waals surface area contributed by atoms with Crippen molar-refractivity contribution >= 4 is 0 Å². The van der Waals surface area contributed by atoms with Crippen LogP contribution in [0.4, 0.5) is 0 Å². The molecule has 0 amide bonds. The van der Waals surface area contributed by atoms with E-state index < -0.39 is 6.61 Å². The lowest BCUT2D eigenvalue weighted by molar-refractivity contribution is 0.265. The molecule has 0 bridgehead atoms. The Hall–Kier alpha value is -2.20. The third kappa shape index (κ3) is 2.73. The first-order valence-electron chi connectivity index (χ1n) is 5.53. The van der Waals surface area contributed by atoms with E-state index in [4.69, 9.17) is 9.84 Å². The van der Waals surface area contributed by atoms with E-state index in [0.29, 0.717) is 12.4 Å². The van der Waals surface area contributed by atoms with Gasteiger partial charge >= 0.3 is 0 Å². The molecule has 0 aliphatic rings. The third-order valence-corrected chi connectivity index (χ3v) is 2.58. The minimum atomic E-state index is -0.420. The van der Waals surface area contributed by atoms with E-state index in [1.165, 1.54) is 12.1 Å². The normalized spacial score (nSPS) is 10.3. The minimum absolute atomic E-state index is 0.0991. The van der Waals surface area contributed by atoms with Crippen molar-refractivity contribution in [1.82, 2.24) is 0 Å². The maximum absolute atomic E-state index is 9.57. The Balaban J connectivity index is 2.11. The lowest BCUT2D eigenvalue weighted by atomic mass is 10.2. The molecule has 0 atom stereocenters. The molecule has 0 fully saturated rings. The van der Waals surface area contributed by atoms with E-state index >= 15 is 0 Å². The summed E-state index contributed by atoms with van der Waals surface area (Å²) in [6, 6.07) is 12.3. The van der Waals surface area contributed by atoms with Crippen LogP contribution in [0.5, 0.6) is 17.2 Å². The summed E-state index contributed by atoms with van der Waals surface area (Å²) >= 11 is 0. The summed E-state index contributed by atoms with van der Waals surface area (Å²) in [5.41, 5.74) is 1.09. The van der Waals surface area contributed by atoms with Gasteiger partial charge in [-0.15, -0.1) is 0 Å². The first-order valence-corrected chi connectivity index (χ1v) is 5.53. The molecule has 0 spiro atoms. The molecule has 0 saturated heterocycles. The molecular formula is C14H14O4. The average molecular weight is 246 g/mol. The van der Waals surface area contributed by atoms with E-state index in [-0.39, 0.29) is 17.1 Å². The SMILES string of the molecule is OCc1c(O)cc(OCc2ccccc2)cc1O. The number of hydrogen-bond donors (Lipinski definition) is 3. The fourth-order valence-electron chi connectivity index (χ4n) is 1.60. The highest BCUT2D eigenvalue weighted by atomic mass is 16.5. The molecule has 18 heavy (non-hydrogen) atoms. The van der Waals surface area contributed by atoms with Gasteiger partial charge in [-0.25, -0.2) is 0 Å².